The maximum absolute atomic E-state index is 12.1. The van der Waals surface area contributed by atoms with Gasteiger partial charge in [-0.25, -0.2) is 13.6 Å². The van der Waals surface area contributed by atoms with Crippen molar-refractivity contribution in [3.05, 3.63) is 59.1 Å². The summed E-state index contributed by atoms with van der Waals surface area (Å²) in [6.45, 7) is 0. The van der Waals surface area contributed by atoms with Crippen molar-refractivity contribution in [3.8, 4) is 0 Å². The van der Waals surface area contributed by atoms with Crippen molar-refractivity contribution in [2.75, 3.05) is 5.32 Å². The number of nitrogens with two attached hydrogens (primary N) is 1. The molecule has 0 heterocycles. The fourth-order valence-corrected chi connectivity index (χ4v) is 2.50. The van der Waals surface area contributed by atoms with Crippen molar-refractivity contribution in [2.24, 2.45) is 5.14 Å². The normalized spacial score (nSPS) is 11.1. The van der Waals surface area contributed by atoms with Crippen LogP contribution in [-0.2, 0) is 10.0 Å². The van der Waals surface area contributed by atoms with Crippen LogP contribution in [0.25, 0.3) is 0 Å². The lowest BCUT2D eigenvalue weighted by Gasteiger charge is -2.08. The molecule has 0 radical (unpaired) electrons. The number of carbonyl (C=O) groups excluding carboxylic acids is 1. The molecule has 0 aliphatic rings. The maximum Gasteiger partial charge on any atom is 0.257 e. The second kappa shape index (κ2) is 5.62. The van der Waals surface area contributed by atoms with Crippen molar-refractivity contribution in [2.45, 2.75) is 4.90 Å². The molecule has 0 atom stereocenters. The molecule has 0 saturated carbocycles. The molecule has 0 aliphatic carbocycles. The maximum atomic E-state index is 12.1. The van der Waals surface area contributed by atoms with Gasteiger partial charge in [0.05, 0.1) is 10.5 Å². The topological polar surface area (TPSA) is 89.3 Å². The van der Waals surface area contributed by atoms with Gasteiger partial charge in [0.25, 0.3) is 5.91 Å². The van der Waals surface area contributed by atoms with Gasteiger partial charge in [-0.2, -0.15) is 0 Å². The average Bonchev–Trinajstić information content (AvgIpc) is 2.40. The van der Waals surface area contributed by atoms with Gasteiger partial charge in [0, 0.05) is 10.7 Å². The first-order chi connectivity index (χ1) is 9.38. The minimum absolute atomic E-state index is 0.00931. The second-order valence-electron chi connectivity index (χ2n) is 4.00. The molecular formula is C13H11ClN2O3S. The summed E-state index contributed by atoms with van der Waals surface area (Å²) in [4.78, 5) is 11.9. The first-order valence-corrected chi connectivity index (χ1v) is 7.49. The van der Waals surface area contributed by atoms with E-state index in [1.54, 1.807) is 30.3 Å². The fourth-order valence-electron chi connectivity index (χ4n) is 1.63. The molecule has 0 aromatic heterocycles. The van der Waals surface area contributed by atoms with Crippen LogP contribution in [0.1, 0.15) is 10.4 Å². The second-order valence-corrected chi connectivity index (χ2v) is 5.97. The van der Waals surface area contributed by atoms with Gasteiger partial charge in [-0.15, -0.1) is 0 Å². The highest BCUT2D eigenvalue weighted by Crippen LogP contribution is 2.17. The molecule has 104 valence electrons. The average molecular weight is 311 g/mol. The van der Waals surface area contributed by atoms with E-state index in [1.807, 2.05) is 0 Å². The Labute approximate surface area is 121 Å². The van der Waals surface area contributed by atoms with Crippen LogP contribution in [0.2, 0.25) is 5.02 Å². The van der Waals surface area contributed by atoms with Crippen molar-refractivity contribution in [1.29, 1.82) is 0 Å². The number of benzene rings is 2. The van der Waals surface area contributed by atoms with Crippen LogP contribution in [-0.4, -0.2) is 14.3 Å². The molecule has 0 fully saturated rings. The minimum atomic E-state index is -3.96. The minimum Gasteiger partial charge on any atom is -0.322 e. The van der Waals surface area contributed by atoms with E-state index in [0.717, 1.165) is 0 Å². The Morgan fingerprint density at radius 1 is 1.05 bits per heavy atom. The monoisotopic (exact) mass is 310 g/mol. The molecule has 2 rings (SSSR count). The Bertz CT molecular complexity index is 742. The molecule has 3 N–H and O–H groups in total. The predicted molar refractivity (Wildman–Crippen MR) is 77.2 cm³/mol. The van der Waals surface area contributed by atoms with Crippen LogP contribution < -0.4 is 10.5 Å². The molecular weight excluding hydrogens is 300 g/mol. The van der Waals surface area contributed by atoms with E-state index in [1.165, 1.54) is 18.2 Å². The quantitative estimate of drug-likeness (QED) is 0.911. The van der Waals surface area contributed by atoms with E-state index in [9.17, 15) is 13.2 Å². The summed E-state index contributed by atoms with van der Waals surface area (Å²) in [5, 5.41) is 8.20. The van der Waals surface area contributed by atoms with Crippen molar-refractivity contribution < 1.29 is 13.2 Å². The molecule has 0 unspecified atom stereocenters. The first kappa shape index (κ1) is 14.5. The van der Waals surface area contributed by atoms with Crippen molar-refractivity contribution >= 4 is 33.2 Å². The number of hydrogen-bond acceptors (Lipinski definition) is 3. The standard InChI is InChI=1S/C13H11ClN2O3S/c14-9-5-7-10(8-6-9)16-13(17)11-3-1-2-4-12(11)20(15,18)19/h1-8H,(H,16,17)(H2,15,18,19). The van der Waals surface area contributed by atoms with Crippen LogP contribution >= 0.6 is 11.6 Å². The van der Waals surface area contributed by atoms with Crippen molar-refractivity contribution in [1.82, 2.24) is 0 Å². The first-order valence-electron chi connectivity index (χ1n) is 5.56. The lowest BCUT2D eigenvalue weighted by Crippen LogP contribution is -2.20. The molecule has 2 aromatic rings. The van der Waals surface area contributed by atoms with E-state index in [0.29, 0.717) is 10.7 Å². The highest BCUT2D eigenvalue weighted by molar-refractivity contribution is 7.89. The Balaban J connectivity index is 2.33. The molecule has 0 bridgehead atoms. The van der Waals surface area contributed by atoms with E-state index in [2.05, 4.69) is 5.32 Å². The van der Waals surface area contributed by atoms with E-state index in [4.69, 9.17) is 16.7 Å². The fraction of sp³-hybridized carbons (Fsp3) is 0. The largest absolute Gasteiger partial charge is 0.322 e. The molecule has 5 nitrogen and oxygen atoms in total. The number of sulfonamides is 1. The number of nitrogens with one attached hydrogen (secondary N) is 1. The van der Waals surface area contributed by atoms with Gasteiger partial charge in [-0.1, -0.05) is 23.7 Å². The van der Waals surface area contributed by atoms with Gasteiger partial charge >= 0.3 is 0 Å². The summed E-state index contributed by atoms with van der Waals surface area (Å²) < 4.78 is 22.9. The smallest absolute Gasteiger partial charge is 0.257 e. The zero-order valence-electron chi connectivity index (χ0n) is 10.2. The number of primary sulfonamides is 1. The predicted octanol–water partition coefficient (Wildman–Crippen LogP) is 2.24. The van der Waals surface area contributed by atoms with Gasteiger partial charge in [-0.3, -0.25) is 4.79 Å². The van der Waals surface area contributed by atoms with Crippen LogP contribution in [0.15, 0.2) is 53.4 Å². The Morgan fingerprint density at radius 2 is 1.65 bits per heavy atom. The summed E-state index contributed by atoms with van der Waals surface area (Å²) in [5.41, 5.74) is 0.494. The Kier molecular flexibility index (Phi) is 4.08. The van der Waals surface area contributed by atoms with E-state index >= 15 is 0 Å². The van der Waals surface area contributed by atoms with Gasteiger partial charge in [0.15, 0.2) is 0 Å². The van der Waals surface area contributed by atoms with Crippen LogP contribution in [0.5, 0.6) is 0 Å². The third-order valence-corrected chi connectivity index (χ3v) is 3.76. The number of rotatable bonds is 3. The van der Waals surface area contributed by atoms with Crippen LogP contribution in [0.4, 0.5) is 5.69 Å². The lowest BCUT2D eigenvalue weighted by molar-refractivity contribution is 0.102. The Morgan fingerprint density at radius 3 is 2.25 bits per heavy atom. The summed E-state index contributed by atoms with van der Waals surface area (Å²) in [6.07, 6.45) is 0. The zero-order chi connectivity index (χ0) is 14.8. The molecule has 0 aliphatic heterocycles. The van der Waals surface area contributed by atoms with Gasteiger partial charge in [0.1, 0.15) is 0 Å². The van der Waals surface area contributed by atoms with E-state index < -0.39 is 15.9 Å². The van der Waals surface area contributed by atoms with Gasteiger partial charge in [-0.05, 0) is 36.4 Å². The Hall–Kier alpha value is -1.89. The highest BCUT2D eigenvalue weighted by Gasteiger charge is 2.18. The summed E-state index contributed by atoms with van der Waals surface area (Å²) in [5.74, 6) is -0.558. The zero-order valence-corrected chi connectivity index (χ0v) is 11.8. The van der Waals surface area contributed by atoms with Crippen molar-refractivity contribution in [3.63, 3.8) is 0 Å². The van der Waals surface area contributed by atoms with Gasteiger partial charge in [0.2, 0.25) is 10.0 Å². The highest BCUT2D eigenvalue weighted by atomic mass is 35.5. The summed E-state index contributed by atoms with van der Waals surface area (Å²) in [7, 11) is -3.96. The molecule has 1 amide bonds. The summed E-state index contributed by atoms with van der Waals surface area (Å²) in [6, 6.07) is 12.2. The van der Waals surface area contributed by atoms with Gasteiger partial charge < -0.3 is 5.32 Å². The number of amides is 1. The number of hydrogen-bond donors (Lipinski definition) is 2. The third-order valence-electron chi connectivity index (χ3n) is 2.54. The van der Waals surface area contributed by atoms with E-state index in [-0.39, 0.29) is 10.5 Å². The molecule has 0 saturated heterocycles. The molecule has 0 spiro atoms. The SMILES string of the molecule is NS(=O)(=O)c1ccccc1C(=O)Nc1ccc(Cl)cc1. The number of halogens is 1. The lowest BCUT2D eigenvalue weighted by atomic mass is 10.2. The molecule has 20 heavy (non-hydrogen) atoms. The third kappa shape index (κ3) is 3.36. The molecule has 2 aromatic carbocycles. The van der Waals surface area contributed by atoms with Crippen LogP contribution in [0.3, 0.4) is 0 Å². The number of anilines is 1. The molecule has 7 heteroatoms. The number of carbonyl (C=O) groups is 1. The van der Waals surface area contributed by atoms with Crippen LogP contribution in [0, 0.1) is 0 Å². The summed E-state index contributed by atoms with van der Waals surface area (Å²) >= 11 is 5.74.